The van der Waals surface area contributed by atoms with Crippen LogP contribution in [0.2, 0.25) is 0 Å². The van der Waals surface area contributed by atoms with Crippen molar-refractivity contribution in [2.75, 3.05) is 31.2 Å². The van der Waals surface area contributed by atoms with Gasteiger partial charge in [-0.3, -0.25) is 9.59 Å². The van der Waals surface area contributed by atoms with E-state index in [1.54, 1.807) is 39.8 Å². The molecule has 5 N–H and O–H groups in total. The molecule has 0 aromatic heterocycles. The number of benzene rings is 3. The largest absolute Gasteiger partial charge is 0.507 e. The monoisotopic (exact) mass is 849 g/mol. The molecule has 3 aromatic carbocycles. The summed E-state index contributed by atoms with van der Waals surface area (Å²) in [4.78, 5) is 36.0. The molecule has 0 radical (unpaired) electrons. The quantitative estimate of drug-likeness (QED) is 0.0200. The minimum absolute atomic E-state index is 0.00348. The third-order valence-electron chi connectivity index (χ3n) is 10.9. The van der Waals surface area contributed by atoms with Crippen LogP contribution in [-0.4, -0.2) is 70.1 Å². The SMILES string of the molecule is O=C(O)C=Cc1ccc(-c2ccc(OCCCC(=O)NCCSSCCNC(=O)C(Cc3ccc(O)c(Br)c3)=NO)c(C34CC5CC(CC(C5)C3)C4)c2)cc1. The number of carbonyl (C=O) groups is 3. The summed E-state index contributed by atoms with van der Waals surface area (Å²) in [6.07, 6.45) is 11.6. The summed E-state index contributed by atoms with van der Waals surface area (Å²) in [6.45, 7) is 1.40. The molecular formula is C42H48BrN3O7S2. The van der Waals surface area contributed by atoms with E-state index >= 15 is 0 Å². The first-order valence-corrected chi connectivity index (χ1v) is 22.2. The topological polar surface area (TPSA) is 158 Å². The van der Waals surface area contributed by atoms with E-state index in [1.165, 1.54) is 50.2 Å². The number of carboxylic acid groups (broad SMARTS) is 1. The Balaban J connectivity index is 0.921. The molecule has 13 heteroatoms. The highest BCUT2D eigenvalue weighted by Crippen LogP contribution is 2.62. The van der Waals surface area contributed by atoms with Crippen LogP contribution in [0.3, 0.4) is 0 Å². The van der Waals surface area contributed by atoms with Crippen molar-refractivity contribution in [2.24, 2.45) is 22.9 Å². The number of nitrogens with one attached hydrogen (secondary N) is 2. The number of rotatable bonds is 19. The van der Waals surface area contributed by atoms with Crippen LogP contribution in [-0.2, 0) is 26.2 Å². The number of halogens is 1. The van der Waals surface area contributed by atoms with E-state index in [2.05, 4.69) is 49.9 Å². The van der Waals surface area contributed by atoms with Crippen LogP contribution in [0.1, 0.15) is 68.1 Å². The first kappa shape index (κ1) is 40.7. The van der Waals surface area contributed by atoms with Gasteiger partial charge < -0.3 is 30.8 Å². The fourth-order valence-corrected chi connectivity index (χ4v) is 11.1. The molecule has 0 aliphatic heterocycles. The van der Waals surface area contributed by atoms with Crippen molar-refractivity contribution in [1.29, 1.82) is 0 Å². The number of nitrogens with zero attached hydrogens (tertiary/aromatic N) is 1. The summed E-state index contributed by atoms with van der Waals surface area (Å²) in [5, 5.41) is 36.9. The standard InChI is InChI=1S/C42H48BrN3O7S2/c43-35-21-28(5-10-37(35)47)22-36(46-52)41(51)45-14-17-55-54-16-13-44-39(48)2-1-15-53-38-11-9-33(32-7-3-27(4-8-32)6-12-40(49)50)23-34(38)42-24-29-18-30(25-42)20-31(19-29)26-42/h3-12,21,23,29-31,47,52H,1-2,13-20,22,24-26H2,(H,44,48)(H,45,51)(H,49,50). The van der Waals surface area contributed by atoms with Gasteiger partial charge in [0.2, 0.25) is 5.91 Å². The van der Waals surface area contributed by atoms with Crippen molar-refractivity contribution in [3.8, 4) is 22.6 Å². The van der Waals surface area contributed by atoms with Crippen LogP contribution in [0.4, 0.5) is 0 Å². The molecule has 4 saturated carbocycles. The number of carboxylic acids is 1. The second-order valence-corrected chi connectivity index (χ2v) is 18.5. The van der Waals surface area contributed by atoms with Crippen molar-refractivity contribution in [3.05, 3.63) is 87.9 Å². The maximum atomic E-state index is 12.6. The molecule has 0 atom stereocenters. The van der Waals surface area contributed by atoms with Crippen molar-refractivity contribution in [1.82, 2.24) is 10.6 Å². The Morgan fingerprint density at radius 1 is 0.891 bits per heavy atom. The van der Waals surface area contributed by atoms with Gasteiger partial charge in [0.25, 0.3) is 5.91 Å². The maximum absolute atomic E-state index is 12.6. The number of phenols is 1. The van der Waals surface area contributed by atoms with Gasteiger partial charge in [-0.25, -0.2) is 4.79 Å². The summed E-state index contributed by atoms with van der Waals surface area (Å²) in [6, 6.07) is 19.4. The summed E-state index contributed by atoms with van der Waals surface area (Å²) >= 11 is 3.24. The highest BCUT2D eigenvalue weighted by molar-refractivity contribution is 9.10. The van der Waals surface area contributed by atoms with E-state index in [0.29, 0.717) is 42.8 Å². The first-order chi connectivity index (χ1) is 26.6. The second-order valence-electron chi connectivity index (χ2n) is 14.9. The highest BCUT2D eigenvalue weighted by atomic mass is 79.9. The fourth-order valence-electron chi connectivity index (χ4n) is 8.82. The molecular weight excluding hydrogens is 803 g/mol. The fraction of sp³-hybridized carbons (Fsp3) is 0.429. The Labute approximate surface area is 338 Å². The number of carbonyl (C=O) groups excluding carboxylic acids is 2. The minimum Gasteiger partial charge on any atom is -0.507 e. The van der Waals surface area contributed by atoms with Gasteiger partial charge in [0, 0.05) is 49.1 Å². The lowest BCUT2D eigenvalue weighted by molar-refractivity contribution is -0.131. The second kappa shape index (κ2) is 19.3. The molecule has 4 fully saturated rings. The predicted octanol–water partition coefficient (Wildman–Crippen LogP) is 8.23. The Morgan fingerprint density at radius 2 is 1.55 bits per heavy atom. The number of aliphatic carboxylic acids is 1. The molecule has 4 aliphatic carbocycles. The van der Waals surface area contributed by atoms with Gasteiger partial charge in [0.1, 0.15) is 17.2 Å². The number of hydrogen-bond donors (Lipinski definition) is 5. The Hall–Kier alpha value is -3.94. The van der Waals surface area contributed by atoms with E-state index < -0.39 is 11.9 Å². The average Bonchev–Trinajstić information content (AvgIpc) is 3.16. The van der Waals surface area contributed by atoms with E-state index in [9.17, 15) is 24.7 Å². The smallest absolute Gasteiger partial charge is 0.328 e. The first-order valence-electron chi connectivity index (χ1n) is 18.9. The number of aromatic hydroxyl groups is 1. The van der Waals surface area contributed by atoms with Crippen LogP contribution in [0.25, 0.3) is 17.2 Å². The third kappa shape index (κ3) is 11.1. The maximum Gasteiger partial charge on any atom is 0.328 e. The Kier molecular flexibility index (Phi) is 14.3. The minimum atomic E-state index is -0.965. The molecule has 0 heterocycles. The van der Waals surface area contributed by atoms with Gasteiger partial charge in [0.05, 0.1) is 11.1 Å². The molecule has 4 bridgehead atoms. The lowest BCUT2D eigenvalue weighted by Crippen LogP contribution is -2.48. The molecule has 0 spiro atoms. The molecule has 2 amide bonds. The molecule has 0 saturated heterocycles. The van der Waals surface area contributed by atoms with Gasteiger partial charge in [0.15, 0.2) is 0 Å². The molecule has 0 unspecified atom stereocenters. The molecule has 10 nitrogen and oxygen atoms in total. The summed E-state index contributed by atoms with van der Waals surface area (Å²) in [5.74, 6) is 3.34. The predicted molar refractivity (Wildman–Crippen MR) is 223 cm³/mol. The van der Waals surface area contributed by atoms with Crippen molar-refractivity contribution in [3.63, 3.8) is 0 Å². The number of phenolic OH excluding ortho intramolecular Hbond substituents is 1. The Morgan fingerprint density at radius 3 is 2.18 bits per heavy atom. The zero-order valence-corrected chi connectivity index (χ0v) is 33.9. The summed E-state index contributed by atoms with van der Waals surface area (Å²) in [5.41, 5.74) is 5.20. The van der Waals surface area contributed by atoms with E-state index in [0.717, 1.165) is 57.6 Å². The summed E-state index contributed by atoms with van der Waals surface area (Å²) in [7, 11) is 3.20. The Bertz CT molecular complexity index is 1870. The van der Waals surface area contributed by atoms with E-state index in [-0.39, 0.29) is 29.2 Å². The van der Waals surface area contributed by atoms with Crippen molar-refractivity contribution >= 4 is 67.1 Å². The number of ether oxygens (including phenoxy) is 1. The lowest BCUT2D eigenvalue weighted by Gasteiger charge is -2.57. The molecule has 55 heavy (non-hydrogen) atoms. The molecule has 7 rings (SSSR count). The van der Waals surface area contributed by atoms with Crippen molar-refractivity contribution in [2.45, 2.75) is 63.2 Å². The molecule has 3 aromatic rings. The number of hydrogen-bond acceptors (Lipinski definition) is 9. The van der Waals surface area contributed by atoms with Gasteiger partial charge in [-0.05, 0) is 137 Å². The summed E-state index contributed by atoms with van der Waals surface area (Å²) < 4.78 is 6.98. The zero-order valence-electron chi connectivity index (χ0n) is 30.7. The van der Waals surface area contributed by atoms with Gasteiger partial charge in [-0.15, -0.1) is 0 Å². The number of amides is 2. The van der Waals surface area contributed by atoms with Crippen LogP contribution in [0.15, 0.2) is 76.4 Å². The zero-order chi connectivity index (χ0) is 38.8. The van der Waals surface area contributed by atoms with Crippen LogP contribution < -0.4 is 15.4 Å². The van der Waals surface area contributed by atoms with Gasteiger partial charge >= 0.3 is 5.97 Å². The lowest BCUT2D eigenvalue weighted by atomic mass is 9.48. The number of oxime groups is 1. The normalized spacial score (nSPS) is 21.5. The van der Waals surface area contributed by atoms with Crippen molar-refractivity contribution < 1.29 is 34.5 Å². The van der Waals surface area contributed by atoms with Crippen LogP contribution in [0, 0.1) is 17.8 Å². The molecule has 4 aliphatic rings. The highest BCUT2D eigenvalue weighted by Gasteiger charge is 2.52. The van der Waals surface area contributed by atoms with Gasteiger partial charge in [-0.2, -0.15) is 0 Å². The van der Waals surface area contributed by atoms with E-state index in [4.69, 9.17) is 9.84 Å². The van der Waals surface area contributed by atoms with Crippen LogP contribution in [0.5, 0.6) is 11.5 Å². The third-order valence-corrected chi connectivity index (χ3v) is 13.9. The van der Waals surface area contributed by atoms with Gasteiger partial charge in [-0.1, -0.05) is 63.1 Å². The molecule has 292 valence electrons. The van der Waals surface area contributed by atoms with E-state index in [1.807, 2.05) is 24.3 Å². The average molecular weight is 851 g/mol. The van der Waals surface area contributed by atoms with Crippen LogP contribution >= 0.6 is 37.5 Å².